The van der Waals surface area contributed by atoms with Gasteiger partial charge in [-0.1, -0.05) is 0 Å². The fourth-order valence-electron chi connectivity index (χ4n) is 3.62. The van der Waals surface area contributed by atoms with E-state index >= 15 is 0 Å². The molecule has 0 saturated heterocycles. The number of carbonyl (C=O) groups excluding carboxylic acids is 2. The number of rotatable bonds is 4. The van der Waals surface area contributed by atoms with E-state index in [1.807, 2.05) is 55.5 Å². The summed E-state index contributed by atoms with van der Waals surface area (Å²) < 4.78 is 1.89. The molecular formula is C20H26N4O2. The Balaban J connectivity index is 1.64. The molecule has 0 aliphatic carbocycles. The topological polar surface area (TPSA) is 67.2 Å². The summed E-state index contributed by atoms with van der Waals surface area (Å²) >= 11 is 0. The first-order chi connectivity index (χ1) is 12.3. The minimum atomic E-state index is -0.0374. The summed E-state index contributed by atoms with van der Waals surface area (Å²) in [4.78, 5) is 25.9. The highest BCUT2D eigenvalue weighted by atomic mass is 16.2. The largest absolute Gasteiger partial charge is 0.326 e. The van der Waals surface area contributed by atoms with E-state index in [0.29, 0.717) is 13.0 Å². The zero-order valence-electron chi connectivity index (χ0n) is 16.1. The van der Waals surface area contributed by atoms with Gasteiger partial charge in [0.25, 0.3) is 0 Å². The van der Waals surface area contributed by atoms with Crippen LogP contribution in [0.15, 0.2) is 18.2 Å². The monoisotopic (exact) mass is 354 g/mol. The second-order valence-electron chi connectivity index (χ2n) is 7.10. The Hall–Kier alpha value is -2.63. The second-order valence-corrected chi connectivity index (χ2v) is 7.10. The van der Waals surface area contributed by atoms with Gasteiger partial charge in [0, 0.05) is 43.0 Å². The lowest BCUT2D eigenvalue weighted by Crippen LogP contribution is -2.33. The summed E-state index contributed by atoms with van der Waals surface area (Å²) in [6.45, 7) is 10.2. The van der Waals surface area contributed by atoms with E-state index in [2.05, 4.69) is 10.4 Å². The van der Waals surface area contributed by atoms with E-state index in [1.54, 1.807) is 6.92 Å². The summed E-state index contributed by atoms with van der Waals surface area (Å²) in [5.41, 5.74) is 6.10. The molecule has 1 atom stereocenters. The number of hydrogen-bond donors (Lipinski definition) is 1. The molecule has 6 heteroatoms. The van der Waals surface area contributed by atoms with Crippen molar-refractivity contribution in [1.29, 1.82) is 0 Å². The lowest BCUT2D eigenvalue weighted by Gasteiger charge is -2.20. The third-order valence-electron chi connectivity index (χ3n) is 5.21. The van der Waals surface area contributed by atoms with Gasteiger partial charge in [-0.3, -0.25) is 14.3 Å². The Morgan fingerprint density at radius 2 is 2.00 bits per heavy atom. The van der Waals surface area contributed by atoms with E-state index in [-0.39, 0.29) is 17.9 Å². The first-order valence-electron chi connectivity index (χ1n) is 9.01. The van der Waals surface area contributed by atoms with E-state index in [1.165, 1.54) is 5.56 Å². The van der Waals surface area contributed by atoms with Gasteiger partial charge in [-0.15, -0.1) is 0 Å². The smallest absolute Gasteiger partial charge is 0.226 e. The molecule has 0 unspecified atom stereocenters. The van der Waals surface area contributed by atoms with Crippen LogP contribution in [0.1, 0.15) is 42.8 Å². The molecule has 3 rings (SSSR count). The molecule has 1 aliphatic rings. The van der Waals surface area contributed by atoms with Gasteiger partial charge in [-0.25, -0.2) is 0 Å². The average molecular weight is 354 g/mol. The van der Waals surface area contributed by atoms with Crippen LogP contribution < -0.4 is 10.2 Å². The van der Waals surface area contributed by atoms with Gasteiger partial charge in [-0.2, -0.15) is 5.10 Å². The van der Waals surface area contributed by atoms with Crippen molar-refractivity contribution in [3.05, 3.63) is 40.7 Å². The van der Waals surface area contributed by atoms with Gasteiger partial charge in [0.15, 0.2) is 0 Å². The SMILES string of the molecule is CC(=O)N1c2ccc(NC(=O)CCn3nc(C)c(C)c3C)cc2C[C@H]1C. The number of aryl methyl sites for hydroxylation is 2. The molecule has 1 aromatic heterocycles. The van der Waals surface area contributed by atoms with E-state index < -0.39 is 0 Å². The Labute approximate surface area is 154 Å². The molecule has 0 spiro atoms. The Kier molecular flexibility index (Phi) is 4.85. The van der Waals surface area contributed by atoms with Crippen LogP contribution in [-0.2, 0) is 22.6 Å². The summed E-state index contributed by atoms with van der Waals surface area (Å²) in [7, 11) is 0. The number of nitrogens with zero attached hydrogens (tertiary/aromatic N) is 3. The van der Waals surface area contributed by atoms with Crippen molar-refractivity contribution in [2.45, 2.75) is 60.0 Å². The average Bonchev–Trinajstić information content (AvgIpc) is 3.03. The molecule has 1 N–H and O–H groups in total. The van der Waals surface area contributed by atoms with Crippen LogP contribution >= 0.6 is 0 Å². The zero-order chi connectivity index (χ0) is 19.0. The minimum absolute atomic E-state index is 0.0374. The number of hydrogen-bond acceptors (Lipinski definition) is 3. The quantitative estimate of drug-likeness (QED) is 0.917. The third-order valence-corrected chi connectivity index (χ3v) is 5.21. The number of aromatic nitrogens is 2. The fraction of sp³-hybridized carbons (Fsp3) is 0.450. The van der Waals surface area contributed by atoms with Crippen LogP contribution in [0, 0.1) is 20.8 Å². The maximum absolute atomic E-state index is 12.3. The van der Waals surface area contributed by atoms with Crippen molar-refractivity contribution in [2.24, 2.45) is 0 Å². The fourth-order valence-corrected chi connectivity index (χ4v) is 3.62. The first-order valence-corrected chi connectivity index (χ1v) is 9.01. The molecular weight excluding hydrogens is 328 g/mol. The van der Waals surface area contributed by atoms with Crippen LogP contribution in [0.25, 0.3) is 0 Å². The van der Waals surface area contributed by atoms with Gasteiger partial charge < -0.3 is 10.2 Å². The lowest BCUT2D eigenvalue weighted by molar-refractivity contribution is -0.117. The van der Waals surface area contributed by atoms with Crippen molar-refractivity contribution in [3.63, 3.8) is 0 Å². The zero-order valence-corrected chi connectivity index (χ0v) is 16.1. The molecule has 1 aliphatic heterocycles. The number of benzene rings is 1. The molecule has 6 nitrogen and oxygen atoms in total. The maximum Gasteiger partial charge on any atom is 0.226 e. The highest BCUT2D eigenvalue weighted by Gasteiger charge is 2.28. The first kappa shape index (κ1) is 18.2. The molecule has 138 valence electrons. The lowest BCUT2D eigenvalue weighted by atomic mass is 10.1. The highest BCUT2D eigenvalue weighted by molar-refractivity contribution is 5.96. The Morgan fingerprint density at radius 3 is 2.62 bits per heavy atom. The summed E-state index contributed by atoms with van der Waals surface area (Å²) in [5, 5.41) is 7.43. The van der Waals surface area contributed by atoms with Crippen LogP contribution in [-0.4, -0.2) is 27.6 Å². The highest BCUT2D eigenvalue weighted by Crippen LogP contribution is 2.34. The summed E-state index contributed by atoms with van der Waals surface area (Å²) in [5.74, 6) is 0.0119. The molecule has 2 amide bonds. The van der Waals surface area contributed by atoms with Gasteiger partial charge >= 0.3 is 0 Å². The van der Waals surface area contributed by atoms with Crippen molar-refractivity contribution in [2.75, 3.05) is 10.2 Å². The van der Waals surface area contributed by atoms with Crippen LogP contribution in [0.3, 0.4) is 0 Å². The second kappa shape index (κ2) is 6.94. The Bertz CT molecular complexity index is 869. The van der Waals surface area contributed by atoms with Crippen LogP contribution in [0.4, 0.5) is 11.4 Å². The molecule has 26 heavy (non-hydrogen) atoms. The van der Waals surface area contributed by atoms with Gasteiger partial charge in [0.05, 0.1) is 5.69 Å². The molecule has 0 radical (unpaired) electrons. The van der Waals surface area contributed by atoms with Crippen LogP contribution in [0.2, 0.25) is 0 Å². The molecule has 2 heterocycles. The van der Waals surface area contributed by atoms with Gasteiger partial charge in [0.1, 0.15) is 0 Å². The predicted molar refractivity (Wildman–Crippen MR) is 102 cm³/mol. The normalized spacial score (nSPS) is 15.9. The minimum Gasteiger partial charge on any atom is -0.326 e. The maximum atomic E-state index is 12.3. The van der Waals surface area contributed by atoms with Crippen molar-refractivity contribution < 1.29 is 9.59 Å². The third kappa shape index (κ3) is 3.36. The molecule has 2 aromatic rings. The van der Waals surface area contributed by atoms with Gasteiger partial charge in [0.2, 0.25) is 11.8 Å². The molecule has 0 fully saturated rings. The van der Waals surface area contributed by atoms with Crippen molar-refractivity contribution >= 4 is 23.2 Å². The van der Waals surface area contributed by atoms with E-state index in [4.69, 9.17) is 0 Å². The number of nitrogens with one attached hydrogen (secondary N) is 1. The standard InChI is InChI=1S/C20H26N4O2/c1-12-10-17-11-18(6-7-19(17)24(12)16(5)25)21-20(26)8-9-23-15(4)13(2)14(3)22-23/h6-7,11-12H,8-10H2,1-5H3,(H,21,26)/t12-/m1/s1. The number of carbonyl (C=O) groups is 2. The van der Waals surface area contributed by atoms with Crippen molar-refractivity contribution in [3.8, 4) is 0 Å². The predicted octanol–water partition coefficient (Wildman–Crippen LogP) is 3.13. The number of anilines is 2. The van der Waals surface area contributed by atoms with E-state index in [9.17, 15) is 9.59 Å². The number of fused-ring (bicyclic) bond motifs is 1. The summed E-state index contributed by atoms with van der Waals surface area (Å²) in [6.07, 6.45) is 1.18. The summed E-state index contributed by atoms with van der Waals surface area (Å²) in [6, 6.07) is 5.90. The van der Waals surface area contributed by atoms with E-state index in [0.717, 1.165) is 34.7 Å². The Morgan fingerprint density at radius 1 is 1.27 bits per heavy atom. The number of amides is 2. The van der Waals surface area contributed by atoms with Gasteiger partial charge in [-0.05, 0) is 63.4 Å². The molecule has 0 saturated carbocycles. The molecule has 0 bridgehead atoms. The molecule has 1 aromatic carbocycles. The van der Waals surface area contributed by atoms with Crippen molar-refractivity contribution in [1.82, 2.24) is 9.78 Å². The van der Waals surface area contributed by atoms with Crippen LogP contribution in [0.5, 0.6) is 0 Å².